The number of fused-ring (bicyclic) bond motifs is 1. The minimum absolute atomic E-state index is 0.0103. The second-order valence-corrected chi connectivity index (χ2v) is 7.02. The Labute approximate surface area is 163 Å². The van der Waals surface area contributed by atoms with Gasteiger partial charge >= 0.3 is 0 Å². The summed E-state index contributed by atoms with van der Waals surface area (Å²) in [6.45, 7) is 8.46. The van der Waals surface area contributed by atoms with Crippen LogP contribution in [0, 0.1) is 13.8 Å². The van der Waals surface area contributed by atoms with Gasteiger partial charge in [-0.15, -0.1) is 10.2 Å². The molecule has 3 aromatic rings. The largest absolute Gasteiger partial charge is 0.481 e. The molecule has 8 nitrogen and oxygen atoms in total. The first-order chi connectivity index (χ1) is 13.5. The predicted molar refractivity (Wildman–Crippen MR) is 106 cm³/mol. The maximum absolute atomic E-state index is 12.7. The summed E-state index contributed by atoms with van der Waals surface area (Å²) in [7, 11) is 0. The van der Waals surface area contributed by atoms with Crippen LogP contribution >= 0.6 is 0 Å². The van der Waals surface area contributed by atoms with Gasteiger partial charge in [0, 0.05) is 37.9 Å². The second-order valence-electron chi connectivity index (χ2n) is 7.02. The highest BCUT2D eigenvalue weighted by Crippen LogP contribution is 2.19. The van der Waals surface area contributed by atoms with E-state index in [1.165, 1.54) is 0 Å². The normalized spacial score (nSPS) is 15.7. The number of anilines is 1. The highest BCUT2D eigenvalue weighted by atomic mass is 16.5. The molecular formula is C20H24N6O2. The molecule has 0 aliphatic carbocycles. The second kappa shape index (κ2) is 7.46. The Hall–Kier alpha value is -3.16. The van der Waals surface area contributed by atoms with E-state index in [4.69, 9.17) is 4.74 Å². The Morgan fingerprint density at radius 3 is 2.50 bits per heavy atom. The van der Waals surface area contributed by atoms with E-state index in [-0.39, 0.29) is 5.91 Å². The molecule has 0 bridgehead atoms. The molecule has 0 spiro atoms. The average molecular weight is 380 g/mol. The average Bonchev–Trinajstić information content (AvgIpc) is 3.09. The van der Waals surface area contributed by atoms with E-state index in [9.17, 15) is 4.79 Å². The Morgan fingerprint density at radius 2 is 1.79 bits per heavy atom. The molecule has 2 aromatic heterocycles. The molecule has 1 aliphatic rings. The monoisotopic (exact) mass is 380 g/mol. The standard InChI is InChI=1S/C20H24N6O2/c1-14-13-18(21-20-23-22-16(3)26(14)20)24-9-11-25(12-10-24)19(27)15(2)28-17-7-5-4-6-8-17/h4-8,13,15H,9-12H2,1-3H3/t15-/m1/s1. The topological polar surface area (TPSA) is 75.9 Å². The van der Waals surface area contributed by atoms with Gasteiger partial charge in [0.05, 0.1) is 0 Å². The number of hydrogen-bond donors (Lipinski definition) is 0. The molecule has 1 fully saturated rings. The molecule has 0 saturated carbocycles. The van der Waals surface area contributed by atoms with Crippen molar-refractivity contribution in [1.29, 1.82) is 0 Å². The number of aryl methyl sites for hydroxylation is 2. The van der Waals surface area contributed by atoms with Gasteiger partial charge in [0.1, 0.15) is 17.4 Å². The molecule has 146 valence electrons. The molecule has 0 radical (unpaired) electrons. The fourth-order valence-corrected chi connectivity index (χ4v) is 3.55. The van der Waals surface area contributed by atoms with Gasteiger partial charge in [0.2, 0.25) is 0 Å². The van der Waals surface area contributed by atoms with E-state index in [0.717, 1.165) is 30.4 Å². The number of nitrogens with zero attached hydrogens (tertiary/aromatic N) is 6. The van der Waals surface area contributed by atoms with Gasteiger partial charge in [-0.05, 0) is 32.9 Å². The Morgan fingerprint density at radius 1 is 1.07 bits per heavy atom. The summed E-state index contributed by atoms with van der Waals surface area (Å²) >= 11 is 0. The van der Waals surface area contributed by atoms with Crippen LogP contribution in [-0.4, -0.2) is 62.7 Å². The highest BCUT2D eigenvalue weighted by Gasteiger charge is 2.27. The first-order valence-electron chi connectivity index (χ1n) is 9.48. The molecule has 1 aromatic carbocycles. The lowest BCUT2D eigenvalue weighted by Gasteiger charge is -2.36. The summed E-state index contributed by atoms with van der Waals surface area (Å²) in [4.78, 5) is 21.4. The molecule has 28 heavy (non-hydrogen) atoms. The van der Waals surface area contributed by atoms with Gasteiger partial charge in [0.25, 0.3) is 11.7 Å². The third kappa shape index (κ3) is 3.49. The van der Waals surface area contributed by atoms with Crippen LogP contribution in [0.2, 0.25) is 0 Å². The first kappa shape index (κ1) is 18.2. The maximum atomic E-state index is 12.7. The van der Waals surface area contributed by atoms with Crippen LogP contribution < -0.4 is 9.64 Å². The third-order valence-electron chi connectivity index (χ3n) is 5.03. The predicted octanol–water partition coefficient (Wildman–Crippen LogP) is 1.86. The number of ether oxygens (including phenoxy) is 1. The smallest absolute Gasteiger partial charge is 0.263 e. The van der Waals surface area contributed by atoms with E-state index in [1.54, 1.807) is 6.92 Å². The number of piperazine rings is 1. The maximum Gasteiger partial charge on any atom is 0.263 e. The number of benzene rings is 1. The van der Waals surface area contributed by atoms with Crippen LogP contribution in [0.25, 0.3) is 5.78 Å². The van der Waals surface area contributed by atoms with Crippen molar-refractivity contribution >= 4 is 17.5 Å². The SMILES string of the molecule is Cc1cc(N2CCN(C(=O)[C@@H](C)Oc3ccccc3)CC2)nc2nnc(C)n12. The zero-order chi connectivity index (χ0) is 19.7. The van der Waals surface area contributed by atoms with E-state index in [2.05, 4.69) is 20.1 Å². The molecule has 1 amide bonds. The van der Waals surface area contributed by atoms with Gasteiger partial charge in [0.15, 0.2) is 6.10 Å². The number of rotatable bonds is 4. The summed E-state index contributed by atoms with van der Waals surface area (Å²) in [6, 6.07) is 11.5. The lowest BCUT2D eigenvalue weighted by atomic mass is 10.2. The Balaban J connectivity index is 1.39. The fraction of sp³-hybridized carbons (Fsp3) is 0.400. The van der Waals surface area contributed by atoms with Crippen LogP contribution in [0.1, 0.15) is 18.4 Å². The van der Waals surface area contributed by atoms with E-state index >= 15 is 0 Å². The zero-order valence-electron chi connectivity index (χ0n) is 16.4. The van der Waals surface area contributed by atoms with Gasteiger partial charge in [-0.1, -0.05) is 18.2 Å². The van der Waals surface area contributed by atoms with E-state index in [1.807, 2.05) is 59.5 Å². The first-order valence-corrected chi connectivity index (χ1v) is 9.48. The van der Waals surface area contributed by atoms with Crippen LogP contribution in [-0.2, 0) is 4.79 Å². The molecule has 8 heteroatoms. The quantitative estimate of drug-likeness (QED) is 0.688. The van der Waals surface area contributed by atoms with Crippen molar-refractivity contribution in [3.8, 4) is 5.75 Å². The molecule has 0 unspecified atom stereocenters. The number of carbonyl (C=O) groups excluding carboxylic acids is 1. The number of aromatic nitrogens is 4. The van der Waals surface area contributed by atoms with E-state index < -0.39 is 6.10 Å². The lowest BCUT2D eigenvalue weighted by Crippen LogP contribution is -2.52. The summed E-state index contributed by atoms with van der Waals surface area (Å²) in [5.74, 6) is 3.03. The van der Waals surface area contributed by atoms with Gasteiger partial charge in [-0.3, -0.25) is 9.20 Å². The minimum atomic E-state index is -0.510. The third-order valence-corrected chi connectivity index (χ3v) is 5.03. The molecule has 1 aliphatic heterocycles. The van der Waals surface area contributed by atoms with Gasteiger partial charge in [-0.25, -0.2) is 0 Å². The van der Waals surface area contributed by atoms with Crippen LogP contribution in [0.5, 0.6) is 5.75 Å². The molecular weight excluding hydrogens is 356 g/mol. The molecule has 1 saturated heterocycles. The van der Waals surface area contributed by atoms with Gasteiger partial charge < -0.3 is 14.5 Å². The lowest BCUT2D eigenvalue weighted by molar-refractivity contribution is -0.138. The van der Waals surface area contributed by atoms with Crippen LogP contribution in [0.4, 0.5) is 5.82 Å². The number of amides is 1. The number of para-hydroxylation sites is 1. The zero-order valence-corrected chi connectivity index (χ0v) is 16.4. The molecule has 0 N–H and O–H groups in total. The molecule has 4 rings (SSSR count). The van der Waals surface area contributed by atoms with E-state index in [0.29, 0.717) is 24.6 Å². The fourth-order valence-electron chi connectivity index (χ4n) is 3.55. The minimum Gasteiger partial charge on any atom is -0.481 e. The van der Waals surface area contributed by atoms with Gasteiger partial charge in [-0.2, -0.15) is 4.98 Å². The summed E-state index contributed by atoms with van der Waals surface area (Å²) < 4.78 is 7.71. The van der Waals surface area contributed by atoms with Crippen LogP contribution in [0.3, 0.4) is 0 Å². The van der Waals surface area contributed by atoms with Crippen molar-refractivity contribution < 1.29 is 9.53 Å². The van der Waals surface area contributed by atoms with Crippen molar-refractivity contribution in [1.82, 2.24) is 24.5 Å². The highest BCUT2D eigenvalue weighted by molar-refractivity contribution is 5.81. The molecule has 3 heterocycles. The Kier molecular flexibility index (Phi) is 4.85. The number of carbonyl (C=O) groups is 1. The van der Waals surface area contributed by atoms with Crippen LogP contribution in [0.15, 0.2) is 36.4 Å². The number of hydrogen-bond acceptors (Lipinski definition) is 6. The van der Waals surface area contributed by atoms with Crippen molar-refractivity contribution in [3.05, 3.63) is 47.9 Å². The summed E-state index contributed by atoms with van der Waals surface area (Å²) in [5, 5.41) is 8.23. The summed E-state index contributed by atoms with van der Waals surface area (Å²) in [6.07, 6.45) is -0.510. The summed E-state index contributed by atoms with van der Waals surface area (Å²) in [5.41, 5.74) is 1.05. The van der Waals surface area contributed by atoms with Crippen molar-refractivity contribution in [2.45, 2.75) is 26.9 Å². The van der Waals surface area contributed by atoms with Crippen molar-refractivity contribution in [2.75, 3.05) is 31.1 Å². The Bertz CT molecular complexity index is 979. The van der Waals surface area contributed by atoms with Crippen molar-refractivity contribution in [3.63, 3.8) is 0 Å². The molecule has 1 atom stereocenters. The van der Waals surface area contributed by atoms with Crippen molar-refractivity contribution in [2.24, 2.45) is 0 Å².